The third-order valence-electron chi connectivity index (χ3n) is 8.38. The average Bonchev–Trinajstić information content (AvgIpc) is 3.62. The van der Waals surface area contributed by atoms with Crippen LogP contribution in [0, 0.1) is 0 Å². The first-order valence-electron chi connectivity index (χ1n) is 13.9. The zero-order chi connectivity index (χ0) is 26.4. The molecule has 11 nitrogen and oxygen atoms in total. The van der Waals surface area contributed by atoms with E-state index in [-0.39, 0.29) is 30.0 Å². The van der Waals surface area contributed by atoms with E-state index in [0.717, 1.165) is 74.2 Å². The third-order valence-corrected chi connectivity index (χ3v) is 8.38. The summed E-state index contributed by atoms with van der Waals surface area (Å²) in [5.74, 6) is 0.689. The third kappa shape index (κ3) is 4.27. The van der Waals surface area contributed by atoms with Crippen LogP contribution in [-0.2, 0) is 11.8 Å². The number of rotatable bonds is 6. The first-order chi connectivity index (χ1) is 18.5. The van der Waals surface area contributed by atoms with Crippen LogP contribution in [0.3, 0.4) is 0 Å². The molecule has 2 fully saturated rings. The van der Waals surface area contributed by atoms with Crippen molar-refractivity contribution in [2.24, 2.45) is 7.05 Å². The minimum Gasteiger partial charge on any atom is -0.357 e. The van der Waals surface area contributed by atoms with Crippen molar-refractivity contribution < 1.29 is 4.74 Å². The molecule has 2 aliphatic heterocycles. The number of ether oxygens (including phenoxy) is 1. The van der Waals surface area contributed by atoms with Gasteiger partial charge in [-0.1, -0.05) is 13.8 Å². The van der Waals surface area contributed by atoms with Crippen LogP contribution >= 0.6 is 0 Å². The number of hydrogen-bond donors (Lipinski definition) is 0. The lowest BCUT2D eigenvalue weighted by molar-refractivity contribution is -0.0390. The lowest BCUT2D eigenvalue weighted by atomic mass is 9.99. The van der Waals surface area contributed by atoms with Crippen LogP contribution in [0.5, 0.6) is 0 Å². The SMILES string of the molecule is CC[C@H]1CN(C(C)c2ccn3nccc3n2)[C@H](CC)CN1c1nc(=O)n(C)c2cn(C3CCCCO3)nc12. The van der Waals surface area contributed by atoms with Gasteiger partial charge >= 0.3 is 5.69 Å². The number of aromatic nitrogens is 7. The van der Waals surface area contributed by atoms with Crippen molar-refractivity contribution in [1.29, 1.82) is 0 Å². The van der Waals surface area contributed by atoms with Crippen LogP contribution < -0.4 is 10.6 Å². The van der Waals surface area contributed by atoms with Crippen molar-refractivity contribution in [3.8, 4) is 0 Å². The second-order valence-electron chi connectivity index (χ2n) is 10.6. The second-order valence-corrected chi connectivity index (χ2v) is 10.6. The minimum atomic E-state index is -0.256. The summed E-state index contributed by atoms with van der Waals surface area (Å²) in [6.07, 6.45) is 10.6. The molecule has 0 saturated carbocycles. The van der Waals surface area contributed by atoms with E-state index in [9.17, 15) is 4.79 Å². The quantitative estimate of drug-likeness (QED) is 0.383. The fourth-order valence-electron chi connectivity index (χ4n) is 6.04. The molecule has 0 radical (unpaired) electrons. The van der Waals surface area contributed by atoms with E-state index in [4.69, 9.17) is 14.8 Å². The Labute approximate surface area is 222 Å². The van der Waals surface area contributed by atoms with Crippen LogP contribution in [-0.4, -0.2) is 70.6 Å². The van der Waals surface area contributed by atoms with Gasteiger partial charge < -0.3 is 9.64 Å². The van der Waals surface area contributed by atoms with E-state index in [1.807, 2.05) is 23.1 Å². The number of nitrogens with zero attached hydrogens (tertiary/aromatic N) is 9. The van der Waals surface area contributed by atoms with E-state index in [0.29, 0.717) is 5.82 Å². The maximum atomic E-state index is 13.0. The maximum Gasteiger partial charge on any atom is 0.349 e. The molecular formula is C27H37N9O2. The van der Waals surface area contributed by atoms with Gasteiger partial charge in [0.25, 0.3) is 0 Å². The lowest BCUT2D eigenvalue weighted by Crippen LogP contribution is -2.59. The van der Waals surface area contributed by atoms with Gasteiger partial charge in [0.05, 0.1) is 23.6 Å². The summed E-state index contributed by atoms with van der Waals surface area (Å²) in [4.78, 5) is 27.4. The normalized spacial score (nSPS) is 23.9. The summed E-state index contributed by atoms with van der Waals surface area (Å²) < 4.78 is 11.3. The van der Waals surface area contributed by atoms with Gasteiger partial charge in [0.1, 0.15) is 6.23 Å². The molecule has 4 aromatic heterocycles. The van der Waals surface area contributed by atoms with Crippen molar-refractivity contribution >= 4 is 22.5 Å². The Balaban J connectivity index is 1.35. The predicted octanol–water partition coefficient (Wildman–Crippen LogP) is 3.31. The summed E-state index contributed by atoms with van der Waals surface area (Å²) in [5.41, 5.74) is 3.21. The first-order valence-corrected chi connectivity index (χ1v) is 13.9. The van der Waals surface area contributed by atoms with E-state index in [2.05, 4.69) is 46.7 Å². The molecule has 0 amide bonds. The number of fused-ring (bicyclic) bond motifs is 2. The highest BCUT2D eigenvalue weighted by molar-refractivity contribution is 5.85. The Morgan fingerprint density at radius 3 is 2.71 bits per heavy atom. The van der Waals surface area contributed by atoms with Gasteiger partial charge in [-0.15, -0.1) is 0 Å². The van der Waals surface area contributed by atoms with Gasteiger partial charge in [0.15, 0.2) is 17.0 Å². The smallest absolute Gasteiger partial charge is 0.349 e. The first kappa shape index (κ1) is 25.0. The van der Waals surface area contributed by atoms with Crippen LogP contribution in [0.4, 0.5) is 5.82 Å². The van der Waals surface area contributed by atoms with Crippen LogP contribution in [0.1, 0.15) is 70.8 Å². The molecule has 0 aromatic carbocycles. The van der Waals surface area contributed by atoms with Crippen molar-refractivity contribution in [3.63, 3.8) is 0 Å². The Morgan fingerprint density at radius 1 is 1.11 bits per heavy atom. The zero-order valence-electron chi connectivity index (χ0n) is 22.7. The Morgan fingerprint density at radius 2 is 1.95 bits per heavy atom. The van der Waals surface area contributed by atoms with Crippen molar-refractivity contribution in [2.45, 2.75) is 77.2 Å². The lowest BCUT2D eigenvalue weighted by Gasteiger charge is -2.48. The van der Waals surface area contributed by atoms with Gasteiger partial charge in [0.2, 0.25) is 0 Å². The summed E-state index contributed by atoms with van der Waals surface area (Å²) in [7, 11) is 1.77. The molecular weight excluding hydrogens is 482 g/mol. The Hall–Kier alpha value is -3.31. The van der Waals surface area contributed by atoms with Gasteiger partial charge in [0, 0.05) is 57.1 Å². The summed E-state index contributed by atoms with van der Waals surface area (Å²) in [5, 5.41) is 9.24. The largest absolute Gasteiger partial charge is 0.357 e. The summed E-state index contributed by atoms with van der Waals surface area (Å²) >= 11 is 0. The summed E-state index contributed by atoms with van der Waals surface area (Å²) in [6.45, 7) is 9.04. The highest BCUT2D eigenvalue weighted by Crippen LogP contribution is 2.34. The number of hydrogen-bond acceptors (Lipinski definition) is 8. The maximum absolute atomic E-state index is 13.0. The molecule has 4 aromatic rings. The molecule has 0 bridgehead atoms. The van der Waals surface area contributed by atoms with E-state index < -0.39 is 0 Å². The Bertz CT molecular complexity index is 1490. The molecule has 6 heterocycles. The monoisotopic (exact) mass is 519 g/mol. The molecule has 0 N–H and O–H groups in total. The fraction of sp³-hybridized carbons (Fsp3) is 0.593. The summed E-state index contributed by atoms with van der Waals surface area (Å²) in [6, 6.07) is 4.62. The molecule has 2 unspecified atom stereocenters. The van der Waals surface area contributed by atoms with Crippen molar-refractivity contribution in [1.82, 2.24) is 38.8 Å². The number of aryl methyl sites for hydroxylation is 1. The molecule has 202 valence electrons. The molecule has 38 heavy (non-hydrogen) atoms. The second kappa shape index (κ2) is 10.1. The van der Waals surface area contributed by atoms with Gasteiger partial charge in [-0.05, 0) is 45.1 Å². The fourth-order valence-corrected chi connectivity index (χ4v) is 6.04. The molecule has 4 atom stereocenters. The molecule has 2 saturated heterocycles. The molecule has 0 aliphatic carbocycles. The highest BCUT2D eigenvalue weighted by atomic mass is 16.5. The van der Waals surface area contributed by atoms with E-state index in [1.54, 1.807) is 22.3 Å². The van der Waals surface area contributed by atoms with E-state index >= 15 is 0 Å². The molecule has 11 heteroatoms. The van der Waals surface area contributed by atoms with Gasteiger partial charge in [-0.25, -0.2) is 19.0 Å². The van der Waals surface area contributed by atoms with Crippen LogP contribution in [0.15, 0.2) is 35.5 Å². The molecule has 0 spiro atoms. The zero-order valence-corrected chi connectivity index (χ0v) is 22.7. The predicted molar refractivity (Wildman–Crippen MR) is 145 cm³/mol. The van der Waals surface area contributed by atoms with Crippen LogP contribution in [0.25, 0.3) is 16.7 Å². The number of anilines is 1. The minimum absolute atomic E-state index is 0.0946. The van der Waals surface area contributed by atoms with Crippen molar-refractivity contribution in [3.05, 3.63) is 46.9 Å². The number of piperazine rings is 1. The molecule has 6 rings (SSSR count). The highest BCUT2D eigenvalue weighted by Gasteiger charge is 2.37. The van der Waals surface area contributed by atoms with Crippen LogP contribution in [0.2, 0.25) is 0 Å². The topological polar surface area (TPSA) is 98.6 Å². The van der Waals surface area contributed by atoms with Crippen molar-refractivity contribution in [2.75, 3.05) is 24.6 Å². The standard InChI is InChI=1S/C27H37N9O2/c1-5-19-16-34(20(6-2)15-33(19)18(3)21-11-13-35-23(29-21)10-12-28-35)26-25-22(32(4)27(37)30-26)17-36(31-25)24-9-7-8-14-38-24/h10-13,17-20,24H,5-9,14-16H2,1-4H3/t18?,19-,20+,24?/m1/s1. The van der Waals surface area contributed by atoms with Gasteiger partial charge in [-0.2, -0.15) is 15.2 Å². The van der Waals surface area contributed by atoms with Gasteiger partial charge in [-0.3, -0.25) is 9.47 Å². The van der Waals surface area contributed by atoms with E-state index in [1.165, 1.54) is 0 Å². The average molecular weight is 520 g/mol. The Kier molecular flexibility index (Phi) is 6.65. The molecule has 2 aliphatic rings.